The van der Waals surface area contributed by atoms with Crippen LogP contribution in [0.4, 0.5) is 5.82 Å². The first-order valence-electron chi connectivity index (χ1n) is 10.3. The average molecular weight is 474 g/mol. The molecule has 32 heavy (non-hydrogen) atoms. The molecule has 10 heteroatoms. The van der Waals surface area contributed by atoms with Crippen LogP contribution < -0.4 is 4.90 Å². The molecule has 1 atom stereocenters. The smallest absolute Gasteiger partial charge is 0.216 e. The highest BCUT2D eigenvalue weighted by molar-refractivity contribution is 7.89. The molecule has 0 spiro atoms. The van der Waals surface area contributed by atoms with Crippen LogP contribution in [0.3, 0.4) is 0 Å². The monoisotopic (exact) mass is 473 g/mol. The van der Waals surface area contributed by atoms with Gasteiger partial charge >= 0.3 is 0 Å². The highest BCUT2D eigenvalue weighted by Crippen LogP contribution is 2.29. The Hall–Kier alpha value is -2.59. The van der Waals surface area contributed by atoms with Crippen molar-refractivity contribution in [3.63, 3.8) is 0 Å². The van der Waals surface area contributed by atoms with Gasteiger partial charge in [-0.05, 0) is 31.2 Å². The second-order valence-corrected chi connectivity index (χ2v) is 10.1. The molecule has 168 valence electrons. The van der Waals surface area contributed by atoms with E-state index in [0.717, 1.165) is 22.6 Å². The molecule has 1 fully saturated rings. The number of pyridine rings is 1. The largest absolute Gasteiger partial charge is 0.395 e. The Morgan fingerprint density at radius 3 is 2.56 bits per heavy atom. The van der Waals surface area contributed by atoms with Gasteiger partial charge in [-0.3, -0.25) is 4.98 Å². The molecule has 2 aromatic heterocycles. The number of sulfonamides is 1. The third kappa shape index (κ3) is 4.91. The maximum Gasteiger partial charge on any atom is 0.216 e. The number of benzene rings is 1. The van der Waals surface area contributed by atoms with Crippen molar-refractivity contribution >= 4 is 27.4 Å². The minimum Gasteiger partial charge on any atom is -0.395 e. The first-order valence-corrected chi connectivity index (χ1v) is 12.3. The first kappa shape index (κ1) is 22.6. The lowest BCUT2D eigenvalue weighted by Gasteiger charge is -2.40. The van der Waals surface area contributed by atoms with E-state index in [2.05, 4.69) is 9.88 Å². The quantitative estimate of drug-likeness (QED) is 0.587. The van der Waals surface area contributed by atoms with Crippen molar-refractivity contribution in [3.8, 4) is 22.6 Å². The van der Waals surface area contributed by atoms with Crippen LogP contribution in [0.2, 0.25) is 5.02 Å². The molecular formula is C22H24ClN5O3S. The zero-order valence-electron chi connectivity index (χ0n) is 17.6. The minimum atomic E-state index is -3.48. The Balaban J connectivity index is 1.70. The molecule has 1 saturated heterocycles. The van der Waals surface area contributed by atoms with Crippen molar-refractivity contribution < 1.29 is 13.5 Å². The summed E-state index contributed by atoms with van der Waals surface area (Å²) in [5.41, 5.74) is 2.44. The molecule has 1 aromatic carbocycles. The van der Waals surface area contributed by atoms with Gasteiger partial charge in [0.05, 0.1) is 18.1 Å². The lowest BCUT2D eigenvalue weighted by molar-refractivity contribution is 0.306. The number of hydrogen-bond donors (Lipinski definition) is 1. The van der Waals surface area contributed by atoms with Crippen molar-refractivity contribution in [2.45, 2.75) is 13.0 Å². The summed E-state index contributed by atoms with van der Waals surface area (Å²) in [4.78, 5) is 15.8. The van der Waals surface area contributed by atoms with E-state index in [-0.39, 0.29) is 18.4 Å². The summed E-state index contributed by atoms with van der Waals surface area (Å²) < 4.78 is 26.2. The van der Waals surface area contributed by atoms with Crippen LogP contribution in [-0.2, 0) is 10.0 Å². The lowest BCUT2D eigenvalue weighted by Crippen LogP contribution is -2.54. The van der Waals surface area contributed by atoms with Crippen LogP contribution in [-0.4, -0.2) is 70.8 Å². The number of rotatable bonds is 6. The molecule has 1 aliphatic heterocycles. The summed E-state index contributed by atoms with van der Waals surface area (Å²) in [6.45, 7) is 2.71. The number of nitrogens with zero attached hydrogens (tertiary/aromatic N) is 5. The maximum atomic E-state index is 12.4. The van der Waals surface area contributed by atoms with Gasteiger partial charge in [-0.2, -0.15) is 4.31 Å². The van der Waals surface area contributed by atoms with Gasteiger partial charge in [0.15, 0.2) is 5.82 Å². The van der Waals surface area contributed by atoms with Gasteiger partial charge in [-0.25, -0.2) is 18.4 Å². The van der Waals surface area contributed by atoms with E-state index in [0.29, 0.717) is 30.5 Å². The summed E-state index contributed by atoms with van der Waals surface area (Å²) in [5.74, 6) is 0.998. The van der Waals surface area contributed by atoms with Crippen molar-refractivity contribution in [3.05, 3.63) is 59.9 Å². The van der Waals surface area contributed by atoms with E-state index in [1.165, 1.54) is 4.31 Å². The minimum absolute atomic E-state index is 0.105. The van der Waals surface area contributed by atoms with Crippen LogP contribution in [0.5, 0.6) is 0 Å². The third-order valence-corrected chi connectivity index (χ3v) is 7.47. The zero-order chi connectivity index (χ0) is 22.7. The molecule has 0 radical (unpaired) electrons. The van der Waals surface area contributed by atoms with Crippen LogP contribution in [0.1, 0.15) is 6.92 Å². The predicted octanol–water partition coefficient (Wildman–Crippen LogP) is 2.69. The van der Waals surface area contributed by atoms with Gasteiger partial charge in [0.25, 0.3) is 0 Å². The number of piperazine rings is 1. The normalized spacial score (nSPS) is 17.5. The Morgan fingerprint density at radius 2 is 1.91 bits per heavy atom. The third-order valence-electron chi connectivity index (χ3n) is 5.40. The molecule has 4 rings (SSSR count). The molecule has 0 bridgehead atoms. The van der Waals surface area contributed by atoms with Gasteiger partial charge in [-0.15, -0.1) is 0 Å². The molecule has 8 nitrogen and oxygen atoms in total. The van der Waals surface area contributed by atoms with E-state index < -0.39 is 10.0 Å². The van der Waals surface area contributed by atoms with Gasteiger partial charge < -0.3 is 10.0 Å². The fourth-order valence-corrected chi connectivity index (χ4v) is 5.15. The Labute approximate surface area is 192 Å². The van der Waals surface area contributed by atoms with Crippen LogP contribution in [0.15, 0.2) is 54.9 Å². The maximum absolute atomic E-state index is 12.4. The van der Waals surface area contributed by atoms with E-state index >= 15 is 0 Å². The van der Waals surface area contributed by atoms with Crippen molar-refractivity contribution in [1.29, 1.82) is 0 Å². The number of aliphatic hydroxyl groups excluding tert-OH is 1. The van der Waals surface area contributed by atoms with Crippen LogP contribution in [0.25, 0.3) is 22.6 Å². The number of aliphatic hydroxyl groups is 1. The van der Waals surface area contributed by atoms with Gasteiger partial charge in [-0.1, -0.05) is 23.7 Å². The topological polar surface area (TPSA) is 99.5 Å². The molecule has 1 N–H and O–H groups in total. The number of hydrogen-bond acceptors (Lipinski definition) is 7. The molecule has 1 unspecified atom stereocenters. The van der Waals surface area contributed by atoms with Crippen LogP contribution in [0, 0.1) is 0 Å². The summed E-state index contributed by atoms with van der Waals surface area (Å²) >= 11 is 6.05. The van der Waals surface area contributed by atoms with Crippen molar-refractivity contribution in [1.82, 2.24) is 19.3 Å². The second kappa shape index (κ2) is 9.50. The lowest BCUT2D eigenvalue weighted by atomic mass is 10.1. The highest BCUT2D eigenvalue weighted by Gasteiger charge is 2.32. The van der Waals surface area contributed by atoms with Crippen molar-refractivity contribution in [2.24, 2.45) is 0 Å². The van der Waals surface area contributed by atoms with E-state index in [1.54, 1.807) is 12.4 Å². The Morgan fingerprint density at radius 1 is 1.12 bits per heavy atom. The Bertz CT molecular complexity index is 1180. The summed E-state index contributed by atoms with van der Waals surface area (Å²) in [6, 6.07) is 13.0. The molecule has 3 heterocycles. The molecular weight excluding hydrogens is 450 g/mol. The SMILES string of the molecule is CC1CN(S(=O)(=O)CCO)CCN1c1cc(-c2ccc(Cl)cc2)nc(-c2cccnc2)n1. The number of halogens is 1. The van der Waals surface area contributed by atoms with E-state index in [1.807, 2.05) is 49.4 Å². The summed E-state index contributed by atoms with van der Waals surface area (Å²) in [5, 5.41) is 9.72. The summed E-state index contributed by atoms with van der Waals surface area (Å²) in [6.07, 6.45) is 3.41. The number of aromatic nitrogens is 3. The number of anilines is 1. The van der Waals surface area contributed by atoms with E-state index in [4.69, 9.17) is 26.7 Å². The van der Waals surface area contributed by atoms with Crippen molar-refractivity contribution in [2.75, 3.05) is 36.9 Å². The molecule has 0 amide bonds. The molecule has 3 aromatic rings. The molecule has 1 aliphatic rings. The highest BCUT2D eigenvalue weighted by atomic mass is 35.5. The van der Waals surface area contributed by atoms with Crippen LogP contribution >= 0.6 is 11.6 Å². The average Bonchev–Trinajstić information content (AvgIpc) is 2.80. The first-order chi connectivity index (χ1) is 15.4. The van der Waals surface area contributed by atoms with Gasteiger partial charge in [0.2, 0.25) is 10.0 Å². The fraction of sp³-hybridized carbons (Fsp3) is 0.318. The predicted molar refractivity (Wildman–Crippen MR) is 125 cm³/mol. The Kier molecular flexibility index (Phi) is 6.71. The van der Waals surface area contributed by atoms with Gasteiger partial charge in [0.1, 0.15) is 5.82 Å². The summed E-state index contributed by atoms with van der Waals surface area (Å²) in [7, 11) is -3.48. The second-order valence-electron chi connectivity index (χ2n) is 7.62. The van der Waals surface area contributed by atoms with E-state index in [9.17, 15) is 8.42 Å². The standard InChI is InChI=1S/C22H24ClN5O3S/c1-16-15-27(32(30,31)12-11-29)9-10-28(16)21-13-20(17-4-6-19(23)7-5-17)25-22(26-21)18-3-2-8-24-14-18/h2-8,13-14,16,29H,9-12,15H2,1H3. The molecule has 0 saturated carbocycles. The zero-order valence-corrected chi connectivity index (χ0v) is 19.2. The molecule has 0 aliphatic carbocycles. The van der Waals surface area contributed by atoms with Gasteiger partial charge in [0, 0.05) is 60.3 Å². The fourth-order valence-electron chi connectivity index (χ4n) is 3.74.